The number of likely N-dealkylation sites (N-methyl/N-ethyl adjacent to an activating group) is 1. The molecule has 4 heterocycles. The van der Waals surface area contributed by atoms with Gasteiger partial charge in [-0.15, -0.1) is 0 Å². The number of pyridine rings is 1. The maximum atomic E-state index is 12.4. The lowest BCUT2D eigenvalue weighted by Gasteiger charge is -2.29. The molecule has 0 aliphatic carbocycles. The highest BCUT2D eigenvalue weighted by molar-refractivity contribution is 5.80. The van der Waals surface area contributed by atoms with E-state index in [1.54, 1.807) is 24.0 Å². The highest BCUT2D eigenvalue weighted by Crippen LogP contribution is 2.31. The maximum Gasteiger partial charge on any atom is 0.410 e. The van der Waals surface area contributed by atoms with Crippen molar-refractivity contribution in [3.05, 3.63) is 36.8 Å². The maximum absolute atomic E-state index is 12.4. The van der Waals surface area contributed by atoms with Gasteiger partial charge < -0.3 is 19.3 Å². The van der Waals surface area contributed by atoms with Crippen LogP contribution in [-0.2, 0) is 4.74 Å². The molecule has 1 fully saturated rings. The Balaban J connectivity index is 1.58. The van der Waals surface area contributed by atoms with E-state index in [1.165, 1.54) is 0 Å². The number of rotatable bonds is 6. The molecule has 0 radical (unpaired) electrons. The fraction of sp³-hybridized carbons (Fsp3) is 0.455. The van der Waals surface area contributed by atoms with Crippen molar-refractivity contribution in [2.24, 2.45) is 0 Å². The topological polar surface area (TPSA) is 85.1 Å². The van der Waals surface area contributed by atoms with Crippen molar-refractivity contribution in [3.63, 3.8) is 0 Å². The predicted octanol–water partition coefficient (Wildman–Crippen LogP) is 3.25. The number of nitrogens with zero attached hydrogens (tertiary/aromatic N) is 6. The third kappa shape index (κ3) is 4.26. The van der Waals surface area contributed by atoms with E-state index in [9.17, 15) is 4.79 Å². The minimum atomic E-state index is -0.240. The molecule has 1 aliphatic rings. The average molecular weight is 425 g/mol. The van der Waals surface area contributed by atoms with Gasteiger partial charge in [0.25, 0.3) is 0 Å². The molecule has 164 valence electrons. The first kappa shape index (κ1) is 20.9. The van der Waals surface area contributed by atoms with Gasteiger partial charge in [0, 0.05) is 38.1 Å². The number of aromatic nitrogens is 4. The largest absolute Gasteiger partial charge is 0.481 e. The number of hydrogen-bond donors (Lipinski definition) is 0. The van der Waals surface area contributed by atoms with Crippen molar-refractivity contribution in [1.82, 2.24) is 24.5 Å². The zero-order valence-corrected chi connectivity index (χ0v) is 18.4. The van der Waals surface area contributed by atoms with Crippen molar-refractivity contribution in [2.75, 3.05) is 32.1 Å². The molecule has 0 aromatic carbocycles. The lowest BCUT2D eigenvalue weighted by molar-refractivity contribution is 0.0740. The first-order valence-electron chi connectivity index (χ1n) is 10.5. The molecule has 1 atom stereocenters. The van der Waals surface area contributed by atoms with E-state index in [0.717, 1.165) is 42.0 Å². The molecule has 9 heteroatoms. The first-order chi connectivity index (χ1) is 15.0. The Hall–Kier alpha value is -3.36. The molecule has 1 amide bonds. The molecule has 3 aromatic heterocycles. The van der Waals surface area contributed by atoms with E-state index in [4.69, 9.17) is 14.5 Å². The van der Waals surface area contributed by atoms with Crippen LogP contribution in [0.25, 0.3) is 16.8 Å². The van der Waals surface area contributed by atoms with Crippen LogP contribution >= 0.6 is 0 Å². The summed E-state index contributed by atoms with van der Waals surface area (Å²) in [5, 5.41) is 4.42. The fourth-order valence-corrected chi connectivity index (χ4v) is 3.97. The highest BCUT2D eigenvalue weighted by Gasteiger charge is 2.31. The Labute approximate surface area is 181 Å². The van der Waals surface area contributed by atoms with E-state index in [2.05, 4.69) is 15.0 Å². The fourth-order valence-electron chi connectivity index (χ4n) is 3.97. The minimum absolute atomic E-state index is 0.0945. The standard InChI is InChI=1S/C22H28N6O3/c1-15(2)31-22(29)27-11-6-7-16(27)14-26(3)19-9-12-28-20(25-19)18(13-24-28)17-8-5-10-23-21(17)30-4/h5,8-10,12-13,15-16H,6-7,11,14H2,1-4H3/t16-/m0/s1. The van der Waals surface area contributed by atoms with Crippen LogP contribution in [0.3, 0.4) is 0 Å². The van der Waals surface area contributed by atoms with E-state index in [-0.39, 0.29) is 18.2 Å². The summed E-state index contributed by atoms with van der Waals surface area (Å²) in [5.74, 6) is 1.34. The van der Waals surface area contributed by atoms with Gasteiger partial charge in [-0.25, -0.2) is 19.3 Å². The van der Waals surface area contributed by atoms with Gasteiger partial charge in [0.2, 0.25) is 5.88 Å². The normalized spacial score (nSPS) is 16.2. The van der Waals surface area contributed by atoms with Crippen LogP contribution in [0.5, 0.6) is 5.88 Å². The number of carbonyl (C=O) groups excluding carboxylic acids is 1. The van der Waals surface area contributed by atoms with Gasteiger partial charge in [-0.2, -0.15) is 5.10 Å². The van der Waals surface area contributed by atoms with Gasteiger partial charge >= 0.3 is 6.09 Å². The Morgan fingerprint density at radius 1 is 1.32 bits per heavy atom. The van der Waals surface area contributed by atoms with Gasteiger partial charge in [-0.1, -0.05) is 0 Å². The Kier molecular flexibility index (Phi) is 5.92. The summed E-state index contributed by atoms with van der Waals surface area (Å²) in [5.41, 5.74) is 2.41. The number of methoxy groups -OCH3 is 1. The molecule has 1 saturated heterocycles. The quantitative estimate of drug-likeness (QED) is 0.600. The summed E-state index contributed by atoms with van der Waals surface area (Å²) >= 11 is 0. The molecule has 4 rings (SSSR count). The van der Waals surface area contributed by atoms with E-state index in [0.29, 0.717) is 12.4 Å². The van der Waals surface area contributed by atoms with Gasteiger partial charge in [-0.05, 0) is 44.9 Å². The molecule has 9 nitrogen and oxygen atoms in total. The minimum Gasteiger partial charge on any atom is -0.481 e. The predicted molar refractivity (Wildman–Crippen MR) is 117 cm³/mol. The molecule has 0 saturated carbocycles. The molecular weight excluding hydrogens is 396 g/mol. The number of likely N-dealkylation sites (tertiary alicyclic amines) is 1. The monoisotopic (exact) mass is 424 g/mol. The van der Waals surface area contributed by atoms with Crippen molar-refractivity contribution in [2.45, 2.75) is 38.8 Å². The van der Waals surface area contributed by atoms with Gasteiger partial charge in [0.05, 0.1) is 31.0 Å². The summed E-state index contributed by atoms with van der Waals surface area (Å²) < 4.78 is 12.6. The number of amides is 1. The molecule has 3 aromatic rings. The summed E-state index contributed by atoms with van der Waals surface area (Å²) in [4.78, 5) is 25.5. The third-order valence-corrected chi connectivity index (χ3v) is 5.43. The second-order valence-corrected chi connectivity index (χ2v) is 7.97. The van der Waals surface area contributed by atoms with Crippen LogP contribution in [0.1, 0.15) is 26.7 Å². The van der Waals surface area contributed by atoms with Gasteiger partial charge in [0.1, 0.15) is 5.82 Å². The molecule has 31 heavy (non-hydrogen) atoms. The van der Waals surface area contributed by atoms with E-state index >= 15 is 0 Å². The second-order valence-electron chi connectivity index (χ2n) is 7.97. The van der Waals surface area contributed by atoms with Crippen LogP contribution in [-0.4, -0.2) is 70.0 Å². The number of hydrogen-bond acceptors (Lipinski definition) is 7. The smallest absolute Gasteiger partial charge is 0.410 e. The molecule has 0 unspecified atom stereocenters. The van der Waals surface area contributed by atoms with Crippen LogP contribution in [0.4, 0.5) is 10.6 Å². The van der Waals surface area contributed by atoms with Gasteiger partial charge in [-0.3, -0.25) is 0 Å². The Bertz CT molecular complexity index is 1070. The van der Waals surface area contributed by atoms with Crippen LogP contribution < -0.4 is 9.64 Å². The van der Waals surface area contributed by atoms with Crippen molar-refractivity contribution < 1.29 is 14.3 Å². The lowest BCUT2D eigenvalue weighted by atomic mass is 10.1. The summed E-state index contributed by atoms with van der Waals surface area (Å²) in [6.45, 7) is 5.14. The average Bonchev–Trinajstić information content (AvgIpc) is 3.39. The third-order valence-electron chi connectivity index (χ3n) is 5.43. The molecule has 0 spiro atoms. The van der Waals surface area contributed by atoms with Crippen molar-refractivity contribution >= 4 is 17.6 Å². The number of fused-ring (bicyclic) bond motifs is 1. The highest BCUT2D eigenvalue weighted by atomic mass is 16.6. The van der Waals surface area contributed by atoms with E-state index in [1.807, 2.05) is 50.2 Å². The number of anilines is 1. The molecule has 0 N–H and O–H groups in total. The second kappa shape index (κ2) is 8.79. The van der Waals surface area contributed by atoms with E-state index < -0.39 is 0 Å². The molecule has 0 bridgehead atoms. The summed E-state index contributed by atoms with van der Waals surface area (Å²) in [7, 11) is 3.59. The van der Waals surface area contributed by atoms with Crippen molar-refractivity contribution in [1.29, 1.82) is 0 Å². The zero-order valence-electron chi connectivity index (χ0n) is 18.4. The summed E-state index contributed by atoms with van der Waals surface area (Å²) in [6.07, 6.45) is 6.91. The Morgan fingerprint density at radius 2 is 2.16 bits per heavy atom. The molecular formula is C22H28N6O3. The van der Waals surface area contributed by atoms with Gasteiger partial charge in [0.15, 0.2) is 5.65 Å². The zero-order chi connectivity index (χ0) is 22.0. The van der Waals surface area contributed by atoms with Crippen LogP contribution in [0, 0.1) is 0 Å². The molecule has 1 aliphatic heterocycles. The number of carbonyl (C=O) groups is 1. The van der Waals surface area contributed by atoms with Crippen LogP contribution in [0.15, 0.2) is 36.8 Å². The number of ether oxygens (including phenoxy) is 2. The van der Waals surface area contributed by atoms with Crippen molar-refractivity contribution in [3.8, 4) is 17.0 Å². The lowest BCUT2D eigenvalue weighted by Crippen LogP contribution is -2.43. The first-order valence-corrected chi connectivity index (χ1v) is 10.5. The SMILES string of the molecule is COc1ncccc1-c1cnn2ccc(N(C)C[C@@H]3CCCN3C(=O)OC(C)C)nc12. The summed E-state index contributed by atoms with van der Waals surface area (Å²) in [6, 6.07) is 5.83. The Morgan fingerprint density at radius 3 is 2.94 bits per heavy atom. The van der Waals surface area contributed by atoms with Crippen LogP contribution in [0.2, 0.25) is 0 Å².